The van der Waals surface area contributed by atoms with Gasteiger partial charge in [-0.05, 0) is 30.9 Å². The Bertz CT molecular complexity index is 422. The Kier molecular flexibility index (Phi) is 5.32. The fourth-order valence-corrected chi connectivity index (χ4v) is 2.30. The van der Waals surface area contributed by atoms with E-state index in [0.29, 0.717) is 18.2 Å². The zero-order valence-electron chi connectivity index (χ0n) is 12.4. The van der Waals surface area contributed by atoms with E-state index in [1.807, 2.05) is 6.07 Å². The monoisotopic (exact) mass is 276 g/mol. The summed E-state index contributed by atoms with van der Waals surface area (Å²) >= 11 is 0. The van der Waals surface area contributed by atoms with E-state index >= 15 is 0 Å². The quantitative estimate of drug-likeness (QED) is 0.916. The molecule has 1 aliphatic rings. The van der Waals surface area contributed by atoms with Crippen molar-refractivity contribution in [1.82, 2.24) is 15.5 Å². The van der Waals surface area contributed by atoms with Crippen LogP contribution in [0.2, 0.25) is 0 Å². The van der Waals surface area contributed by atoms with Crippen molar-refractivity contribution in [2.75, 3.05) is 24.5 Å². The highest BCUT2D eigenvalue weighted by molar-refractivity contribution is 5.92. The number of hydrogen-bond acceptors (Lipinski definition) is 4. The van der Waals surface area contributed by atoms with Gasteiger partial charge < -0.3 is 10.2 Å². The summed E-state index contributed by atoms with van der Waals surface area (Å²) in [6, 6.07) is 3.67. The SMILES string of the molecule is CC(C)CNC(=O)c1ccc(N2CCCCCC2)nn1. The fraction of sp³-hybridized carbons (Fsp3) is 0.667. The Morgan fingerprint density at radius 1 is 1.20 bits per heavy atom. The lowest BCUT2D eigenvalue weighted by molar-refractivity contribution is 0.0943. The summed E-state index contributed by atoms with van der Waals surface area (Å²) in [5, 5.41) is 11.1. The zero-order chi connectivity index (χ0) is 14.4. The van der Waals surface area contributed by atoms with Crippen molar-refractivity contribution in [2.45, 2.75) is 39.5 Å². The molecule has 0 spiro atoms. The van der Waals surface area contributed by atoms with E-state index < -0.39 is 0 Å². The molecule has 1 fully saturated rings. The number of nitrogens with zero attached hydrogens (tertiary/aromatic N) is 3. The van der Waals surface area contributed by atoms with Crippen LogP contribution in [0.25, 0.3) is 0 Å². The number of hydrogen-bond donors (Lipinski definition) is 1. The van der Waals surface area contributed by atoms with E-state index in [9.17, 15) is 4.79 Å². The molecule has 1 aliphatic heterocycles. The maximum Gasteiger partial charge on any atom is 0.271 e. The maximum atomic E-state index is 11.9. The lowest BCUT2D eigenvalue weighted by Crippen LogP contribution is -2.29. The Morgan fingerprint density at radius 2 is 1.90 bits per heavy atom. The first-order valence-corrected chi connectivity index (χ1v) is 7.53. The van der Waals surface area contributed by atoms with Gasteiger partial charge >= 0.3 is 0 Å². The number of aromatic nitrogens is 2. The second-order valence-corrected chi connectivity index (χ2v) is 5.78. The molecule has 1 saturated heterocycles. The first-order chi connectivity index (χ1) is 9.66. The second kappa shape index (κ2) is 7.22. The van der Waals surface area contributed by atoms with Gasteiger partial charge in [-0.25, -0.2) is 0 Å². The molecule has 0 radical (unpaired) electrons. The normalized spacial score (nSPS) is 16.1. The summed E-state index contributed by atoms with van der Waals surface area (Å²) in [7, 11) is 0. The Balaban J connectivity index is 1.96. The van der Waals surface area contributed by atoms with Crippen molar-refractivity contribution in [3.05, 3.63) is 17.8 Å². The third-order valence-electron chi connectivity index (χ3n) is 3.48. The molecule has 0 bridgehead atoms. The van der Waals surface area contributed by atoms with Crippen molar-refractivity contribution < 1.29 is 4.79 Å². The smallest absolute Gasteiger partial charge is 0.271 e. The molecule has 2 rings (SSSR count). The van der Waals surface area contributed by atoms with Gasteiger partial charge in [0.15, 0.2) is 11.5 Å². The summed E-state index contributed by atoms with van der Waals surface area (Å²) in [5.41, 5.74) is 0.393. The molecule has 20 heavy (non-hydrogen) atoms. The van der Waals surface area contributed by atoms with Crippen LogP contribution in [0.15, 0.2) is 12.1 Å². The first-order valence-electron chi connectivity index (χ1n) is 7.53. The standard InChI is InChI=1S/C15H24N4O/c1-12(2)11-16-15(20)13-7-8-14(18-17-13)19-9-5-3-4-6-10-19/h7-8,12H,3-6,9-11H2,1-2H3,(H,16,20). The van der Waals surface area contributed by atoms with Crippen LogP contribution in [0.5, 0.6) is 0 Å². The van der Waals surface area contributed by atoms with Gasteiger partial charge in [0.2, 0.25) is 0 Å². The lowest BCUT2D eigenvalue weighted by Gasteiger charge is -2.20. The highest BCUT2D eigenvalue weighted by Gasteiger charge is 2.13. The van der Waals surface area contributed by atoms with Crippen LogP contribution < -0.4 is 10.2 Å². The predicted octanol–water partition coefficient (Wildman–Crippen LogP) is 2.24. The zero-order valence-corrected chi connectivity index (χ0v) is 12.4. The molecule has 0 atom stereocenters. The first kappa shape index (κ1) is 14.8. The van der Waals surface area contributed by atoms with E-state index in [2.05, 4.69) is 34.3 Å². The molecule has 2 heterocycles. The number of carbonyl (C=O) groups excluding carboxylic acids is 1. The summed E-state index contributed by atoms with van der Waals surface area (Å²) < 4.78 is 0. The number of amides is 1. The molecular weight excluding hydrogens is 252 g/mol. The van der Waals surface area contributed by atoms with Crippen LogP contribution in [0.4, 0.5) is 5.82 Å². The van der Waals surface area contributed by atoms with E-state index in [0.717, 1.165) is 18.9 Å². The van der Waals surface area contributed by atoms with Crippen molar-refractivity contribution in [1.29, 1.82) is 0 Å². The molecule has 1 aromatic rings. The number of nitrogens with one attached hydrogen (secondary N) is 1. The summed E-state index contributed by atoms with van der Waals surface area (Å²) in [6.45, 7) is 6.86. The Morgan fingerprint density at radius 3 is 2.45 bits per heavy atom. The Labute approximate surface area is 120 Å². The minimum absolute atomic E-state index is 0.145. The van der Waals surface area contributed by atoms with Crippen molar-refractivity contribution in [3.63, 3.8) is 0 Å². The third-order valence-corrected chi connectivity index (χ3v) is 3.48. The highest BCUT2D eigenvalue weighted by Crippen LogP contribution is 2.16. The van der Waals surface area contributed by atoms with Crippen LogP contribution in [-0.2, 0) is 0 Å². The average Bonchev–Trinajstić information content (AvgIpc) is 2.74. The van der Waals surface area contributed by atoms with Crippen molar-refractivity contribution >= 4 is 11.7 Å². The van der Waals surface area contributed by atoms with Gasteiger partial charge in [0, 0.05) is 19.6 Å². The molecule has 0 unspecified atom stereocenters. The number of anilines is 1. The predicted molar refractivity (Wildman–Crippen MR) is 79.9 cm³/mol. The Hall–Kier alpha value is -1.65. The molecule has 1 amide bonds. The van der Waals surface area contributed by atoms with Crippen LogP contribution >= 0.6 is 0 Å². The third kappa shape index (κ3) is 4.18. The summed E-state index contributed by atoms with van der Waals surface area (Å²) in [6.07, 6.45) is 5.00. The van der Waals surface area contributed by atoms with Gasteiger partial charge in [0.25, 0.3) is 5.91 Å². The number of rotatable bonds is 4. The molecule has 5 nitrogen and oxygen atoms in total. The molecule has 0 aliphatic carbocycles. The van der Waals surface area contributed by atoms with Crippen LogP contribution in [-0.4, -0.2) is 35.7 Å². The van der Waals surface area contributed by atoms with E-state index in [1.165, 1.54) is 25.7 Å². The second-order valence-electron chi connectivity index (χ2n) is 5.78. The molecule has 110 valence electrons. The molecular formula is C15H24N4O. The topological polar surface area (TPSA) is 58.1 Å². The van der Waals surface area contributed by atoms with E-state index in [-0.39, 0.29) is 5.91 Å². The van der Waals surface area contributed by atoms with Gasteiger partial charge in [-0.15, -0.1) is 10.2 Å². The largest absolute Gasteiger partial charge is 0.355 e. The molecule has 1 N–H and O–H groups in total. The van der Waals surface area contributed by atoms with Gasteiger partial charge in [-0.2, -0.15) is 0 Å². The average molecular weight is 276 g/mol. The molecule has 0 saturated carbocycles. The fourth-order valence-electron chi connectivity index (χ4n) is 2.30. The van der Waals surface area contributed by atoms with Gasteiger partial charge in [0.1, 0.15) is 0 Å². The van der Waals surface area contributed by atoms with Gasteiger partial charge in [0.05, 0.1) is 0 Å². The highest BCUT2D eigenvalue weighted by atomic mass is 16.1. The van der Waals surface area contributed by atoms with Gasteiger partial charge in [-0.3, -0.25) is 4.79 Å². The van der Waals surface area contributed by atoms with E-state index in [1.54, 1.807) is 6.07 Å². The van der Waals surface area contributed by atoms with Crippen LogP contribution in [0, 0.1) is 5.92 Å². The lowest BCUT2D eigenvalue weighted by atomic mass is 10.2. The molecule has 5 heteroatoms. The molecule has 1 aromatic heterocycles. The minimum Gasteiger partial charge on any atom is -0.355 e. The van der Waals surface area contributed by atoms with Crippen molar-refractivity contribution in [2.24, 2.45) is 5.92 Å². The summed E-state index contributed by atoms with van der Waals surface area (Å²) in [4.78, 5) is 14.1. The minimum atomic E-state index is -0.145. The van der Waals surface area contributed by atoms with E-state index in [4.69, 9.17) is 0 Å². The van der Waals surface area contributed by atoms with Crippen LogP contribution in [0.3, 0.4) is 0 Å². The maximum absolute atomic E-state index is 11.9. The number of carbonyl (C=O) groups is 1. The van der Waals surface area contributed by atoms with Crippen molar-refractivity contribution in [3.8, 4) is 0 Å². The molecule has 0 aromatic carbocycles. The van der Waals surface area contributed by atoms with Crippen LogP contribution in [0.1, 0.15) is 50.0 Å². The van der Waals surface area contributed by atoms with Gasteiger partial charge in [-0.1, -0.05) is 26.7 Å². The summed E-state index contributed by atoms with van der Waals surface area (Å²) in [5.74, 6) is 1.17.